The van der Waals surface area contributed by atoms with Gasteiger partial charge in [-0.2, -0.15) is 16.7 Å². The van der Waals surface area contributed by atoms with Crippen LogP contribution in [0.3, 0.4) is 0 Å². The van der Waals surface area contributed by atoms with Crippen molar-refractivity contribution in [2.24, 2.45) is 0 Å². The Bertz CT molecular complexity index is 354. The Morgan fingerprint density at radius 3 is 2.82 bits per heavy atom. The number of nitrogens with zero attached hydrogens (tertiary/aromatic N) is 2. The average Bonchev–Trinajstić information content (AvgIpc) is 2.76. The molecule has 0 spiro atoms. The Labute approximate surface area is 105 Å². The van der Waals surface area contributed by atoms with Gasteiger partial charge in [0.1, 0.15) is 5.92 Å². The third-order valence-electron chi connectivity index (χ3n) is 2.20. The highest BCUT2D eigenvalue weighted by atomic mass is 32.2. The maximum absolute atomic E-state index is 11.6. The number of hydrogen-bond donors (Lipinski definition) is 0. The Morgan fingerprint density at radius 2 is 2.24 bits per heavy atom. The Morgan fingerprint density at radius 1 is 1.47 bits per heavy atom. The molecule has 96 valence electrons. The molecular formula is C11H18N2O3S. The number of esters is 1. The van der Waals surface area contributed by atoms with Crippen molar-refractivity contribution < 1.29 is 14.1 Å². The third kappa shape index (κ3) is 4.03. The maximum Gasteiger partial charge on any atom is 0.318 e. The van der Waals surface area contributed by atoms with Crippen molar-refractivity contribution in [2.75, 3.05) is 12.4 Å². The first-order chi connectivity index (χ1) is 8.22. The van der Waals surface area contributed by atoms with E-state index < -0.39 is 5.92 Å². The molecule has 0 aliphatic carbocycles. The molecule has 0 radical (unpaired) electrons. The minimum Gasteiger partial charge on any atom is -0.465 e. The van der Waals surface area contributed by atoms with E-state index in [9.17, 15) is 4.79 Å². The highest BCUT2D eigenvalue weighted by Gasteiger charge is 2.26. The molecule has 1 aromatic heterocycles. The molecule has 1 atom stereocenters. The molecule has 0 fully saturated rings. The number of carbonyl (C=O) groups excluding carboxylic acids is 1. The quantitative estimate of drug-likeness (QED) is 0.700. The maximum atomic E-state index is 11.6. The van der Waals surface area contributed by atoms with Gasteiger partial charge in [-0.25, -0.2) is 0 Å². The van der Waals surface area contributed by atoms with Gasteiger partial charge in [0, 0.05) is 0 Å². The summed E-state index contributed by atoms with van der Waals surface area (Å²) in [6, 6.07) is 0. The number of aromatic nitrogens is 2. The van der Waals surface area contributed by atoms with Crippen LogP contribution in [0, 0.1) is 0 Å². The molecule has 5 nitrogen and oxygen atoms in total. The van der Waals surface area contributed by atoms with E-state index in [1.54, 1.807) is 18.7 Å². The van der Waals surface area contributed by atoms with Crippen molar-refractivity contribution in [2.45, 2.75) is 38.9 Å². The van der Waals surface area contributed by atoms with Crippen molar-refractivity contribution in [3.8, 4) is 0 Å². The van der Waals surface area contributed by atoms with Crippen LogP contribution in [-0.2, 0) is 15.3 Å². The molecule has 0 N–H and O–H groups in total. The van der Waals surface area contributed by atoms with Crippen LogP contribution in [0.15, 0.2) is 4.52 Å². The minimum absolute atomic E-state index is 0.298. The van der Waals surface area contributed by atoms with Crippen LogP contribution in [0.25, 0.3) is 0 Å². The van der Waals surface area contributed by atoms with Crippen LogP contribution in [0.2, 0.25) is 0 Å². The van der Waals surface area contributed by atoms with Crippen LogP contribution in [0.1, 0.15) is 44.8 Å². The zero-order chi connectivity index (χ0) is 12.7. The van der Waals surface area contributed by atoms with Gasteiger partial charge < -0.3 is 9.26 Å². The SMILES string of the molecule is CCOC(=O)C(CC)c1nc(CSCC)no1. The fourth-order valence-corrected chi connectivity index (χ4v) is 1.85. The van der Waals surface area contributed by atoms with E-state index in [-0.39, 0.29) is 5.97 Å². The number of thioether (sulfide) groups is 1. The summed E-state index contributed by atoms with van der Waals surface area (Å²) < 4.78 is 10.1. The minimum atomic E-state index is -0.442. The highest BCUT2D eigenvalue weighted by molar-refractivity contribution is 7.98. The van der Waals surface area contributed by atoms with Crippen molar-refractivity contribution in [3.63, 3.8) is 0 Å². The van der Waals surface area contributed by atoms with Crippen molar-refractivity contribution >= 4 is 17.7 Å². The second kappa shape index (κ2) is 7.32. The number of carbonyl (C=O) groups is 1. The van der Waals surface area contributed by atoms with Gasteiger partial charge in [0.15, 0.2) is 5.82 Å². The van der Waals surface area contributed by atoms with Gasteiger partial charge in [0.2, 0.25) is 5.89 Å². The topological polar surface area (TPSA) is 65.2 Å². The molecule has 1 heterocycles. The first kappa shape index (κ1) is 14.0. The molecule has 1 unspecified atom stereocenters. The van der Waals surface area contributed by atoms with E-state index in [0.29, 0.717) is 30.5 Å². The van der Waals surface area contributed by atoms with Crippen LogP contribution in [-0.4, -0.2) is 28.5 Å². The molecule has 1 aromatic rings. The molecule has 0 saturated heterocycles. The summed E-state index contributed by atoms with van der Waals surface area (Å²) in [4.78, 5) is 15.9. The molecule has 17 heavy (non-hydrogen) atoms. The van der Waals surface area contributed by atoms with Gasteiger partial charge in [0.25, 0.3) is 0 Å². The Balaban J connectivity index is 2.68. The zero-order valence-electron chi connectivity index (χ0n) is 10.4. The standard InChI is InChI=1S/C11H18N2O3S/c1-4-8(11(14)15-5-2)10-12-9(13-16-10)7-17-6-3/h8H,4-7H2,1-3H3. The zero-order valence-corrected chi connectivity index (χ0v) is 11.2. The lowest BCUT2D eigenvalue weighted by atomic mass is 10.1. The predicted molar refractivity (Wildman–Crippen MR) is 65.8 cm³/mol. The summed E-state index contributed by atoms with van der Waals surface area (Å²) in [5.41, 5.74) is 0. The number of ether oxygens (including phenoxy) is 1. The molecule has 0 amide bonds. The van der Waals surface area contributed by atoms with Crippen LogP contribution >= 0.6 is 11.8 Å². The van der Waals surface area contributed by atoms with E-state index in [0.717, 1.165) is 5.75 Å². The highest BCUT2D eigenvalue weighted by Crippen LogP contribution is 2.20. The summed E-state index contributed by atoms with van der Waals surface area (Å²) in [6.07, 6.45) is 0.599. The van der Waals surface area contributed by atoms with E-state index in [1.807, 2.05) is 6.92 Å². The first-order valence-electron chi connectivity index (χ1n) is 5.79. The number of hydrogen-bond acceptors (Lipinski definition) is 6. The van der Waals surface area contributed by atoms with Crippen LogP contribution in [0.4, 0.5) is 0 Å². The van der Waals surface area contributed by atoms with Crippen LogP contribution in [0.5, 0.6) is 0 Å². The second-order valence-electron chi connectivity index (χ2n) is 3.40. The van der Waals surface area contributed by atoms with Crippen molar-refractivity contribution in [3.05, 3.63) is 11.7 Å². The van der Waals surface area contributed by atoms with Gasteiger partial charge in [-0.3, -0.25) is 4.79 Å². The van der Waals surface area contributed by atoms with Gasteiger partial charge in [0.05, 0.1) is 12.4 Å². The smallest absolute Gasteiger partial charge is 0.318 e. The summed E-state index contributed by atoms with van der Waals surface area (Å²) in [6.45, 7) is 6.11. The summed E-state index contributed by atoms with van der Waals surface area (Å²) in [5.74, 6) is 1.96. The molecule has 0 aliphatic heterocycles. The first-order valence-corrected chi connectivity index (χ1v) is 6.95. The van der Waals surface area contributed by atoms with Gasteiger partial charge in [-0.15, -0.1) is 0 Å². The lowest BCUT2D eigenvalue weighted by Crippen LogP contribution is -2.15. The molecule has 0 aromatic carbocycles. The lowest BCUT2D eigenvalue weighted by Gasteiger charge is -2.08. The number of rotatable bonds is 7. The van der Waals surface area contributed by atoms with Crippen molar-refractivity contribution in [1.82, 2.24) is 10.1 Å². The third-order valence-corrected chi connectivity index (χ3v) is 3.07. The normalized spacial score (nSPS) is 12.4. The lowest BCUT2D eigenvalue weighted by molar-refractivity contribution is -0.145. The molecular weight excluding hydrogens is 240 g/mol. The molecule has 0 bridgehead atoms. The Kier molecular flexibility index (Phi) is 6.04. The van der Waals surface area contributed by atoms with Crippen LogP contribution < -0.4 is 0 Å². The molecule has 0 saturated carbocycles. The fourth-order valence-electron chi connectivity index (χ4n) is 1.35. The molecule has 6 heteroatoms. The molecule has 1 rings (SSSR count). The van der Waals surface area contributed by atoms with E-state index in [1.165, 1.54) is 0 Å². The largest absolute Gasteiger partial charge is 0.465 e. The summed E-state index contributed by atoms with van der Waals surface area (Å²) >= 11 is 1.71. The monoisotopic (exact) mass is 258 g/mol. The van der Waals surface area contributed by atoms with Gasteiger partial charge >= 0.3 is 5.97 Å². The van der Waals surface area contributed by atoms with E-state index >= 15 is 0 Å². The second-order valence-corrected chi connectivity index (χ2v) is 4.67. The van der Waals surface area contributed by atoms with E-state index in [4.69, 9.17) is 9.26 Å². The summed E-state index contributed by atoms with van der Waals surface area (Å²) in [5, 5.41) is 3.85. The van der Waals surface area contributed by atoms with E-state index in [2.05, 4.69) is 17.1 Å². The average molecular weight is 258 g/mol. The fraction of sp³-hybridized carbons (Fsp3) is 0.727. The van der Waals surface area contributed by atoms with Gasteiger partial charge in [-0.1, -0.05) is 19.0 Å². The summed E-state index contributed by atoms with van der Waals surface area (Å²) in [7, 11) is 0. The predicted octanol–water partition coefficient (Wildman–Crippen LogP) is 2.38. The molecule has 0 aliphatic rings. The Hall–Kier alpha value is -1.04. The van der Waals surface area contributed by atoms with Gasteiger partial charge in [-0.05, 0) is 19.1 Å². The van der Waals surface area contributed by atoms with Crippen molar-refractivity contribution in [1.29, 1.82) is 0 Å².